The third kappa shape index (κ3) is 5.70. The van der Waals surface area contributed by atoms with Crippen LogP contribution in [0.5, 0.6) is 0 Å². The SMILES string of the molecule is CN(C)CCOC(=O)CCCN1C(=O)/C(=C/c2cccs2)SC1=S. The zero-order chi connectivity index (χ0) is 17.5. The third-order valence-corrected chi connectivity index (χ3v) is 5.45. The van der Waals surface area contributed by atoms with Crippen LogP contribution < -0.4 is 0 Å². The van der Waals surface area contributed by atoms with Crippen molar-refractivity contribution in [3.05, 3.63) is 27.3 Å². The second kappa shape index (κ2) is 9.31. The van der Waals surface area contributed by atoms with Crippen molar-refractivity contribution in [3.8, 4) is 0 Å². The first kappa shape index (κ1) is 19.1. The molecule has 1 aliphatic heterocycles. The summed E-state index contributed by atoms with van der Waals surface area (Å²) in [5, 5.41) is 1.97. The van der Waals surface area contributed by atoms with Crippen molar-refractivity contribution < 1.29 is 14.3 Å². The summed E-state index contributed by atoms with van der Waals surface area (Å²) in [6.07, 6.45) is 2.69. The lowest BCUT2D eigenvalue weighted by Gasteiger charge is -2.14. The molecule has 24 heavy (non-hydrogen) atoms. The summed E-state index contributed by atoms with van der Waals surface area (Å²) in [4.78, 5) is 29.2. The Bertz CT molecular complexity index is 627. The van der Waals surface area contributed by atoms with Gasteiger partial charge in [0.05, 0.1) is 4.91 Å². The highest BCUT2D eigenvalue weighted by atomic mass is 32.2. The Morgan fingerprint density at radius 2 is 2.25 bits per heavy atom. The molecule has 0 spiro atoms. The first-order chi connectivity index (χ1) is 11.5. The molecule has 130 valence electrons. The van der Waals surface area contributed by atoms with Crippen molar-refractivity contribution in [3.63, 3.8) is 0 Å². The molecule has 1 fully saturated rings. The van der Waals surface area contributed by atoms with E-state index in [1.165, 1.54) is 11.8 Å². The quantitative estimate of drug-likeness (QED) is 0.390. The van der Waals surface area contributed by atoms with E-state index in [4.69, 9.17) is 17.0 Å². The van der Waals surface area contributed by atoms with Gasteiger partial charge in [0.1, 0.15) is 10.9 Å². The lowest BCUT2D eigenvalue weighted by Crippen LogP contribution is -2.29. The van der Waals surface area contributed by atoms with E-state index < -0.39 is 0 Å². The zero-order valence-corrected chi connectivity index (χ0v) is 16.1. The molecule has 0 bridgehead atoms. The van der Waals surface area contributed by atoms with Gasteiger partial charge in [0.15, 0.2) is 0 Å². The van der Waals surface area contributed by atoms with Gasteiger partial charge in [-0.05, 0) is 38.0 Å². The molecule has 1 aromatic heterocycles. The number of likely N-dealkylation sites (N-methyl/N-ethyl adjacent to an activating group) is 1. The highest BCUT2D eigenvalue weighted by Gasteiger charge is 2.31. The summed E-state index contributed by atoms with van der Waals surface area (Å²) in [6.45, 7) is 1.53. The van der Waals surface area contributed by atoms with E-state index in [2.05, 4.69) is 0 Å². The molecule has 2 heterocycles. The predicted molar refractivity (Wildman–Crippen MR) is 103 cm³/mol. The predicted octanol–water partition coefficient (Wildman–Crippen LogP) is 2.83. The van der Waals surface area contributed by atoms with Crippen LogP contribution in [0.25, 0.3) is 6.08 Å². The highest BCUT2D eigenvalue weighted by Crippen LogP contribution is 2.33. The van der Waals surface area contributed by atoms with Crippen LogP contribution in [0, 0.1) is 0 Å². The topological polar surface area (TPSA) is 49.9 Å². The molecular formula is C16H20N2O3S3. The summed E-state index contributed by atoms with van der Waals surface area (Å²) in [7, 11) is 3.85. The molecule has 1 aromatic rings. The Labute approximate surface area is 155 Å². The van der Waals surface area contributed by atoms with Gasteiger partial charge in [0.2, 0.25) is 0 Å². The van der Waals surface area contributed by atoms with Crippen molar-refractivity contribution in [1.82, 2.24) is 9.80 Å². The van der Waals surface area contributed by atoms with E-state index in [1.54, 1.807) is 16.2 Å². The molecule has 2 rings (SSSR count). The maximum atomic E-state index is 12.4. The number of thioether (sulfide) groups is 1. The second-order valence-corrected chi connectivity index (χ2v) is 8.13. The fraction of sp³-hybridized carbons (Fsp3) is 0.438. The minimum atomic E-state index is -0.239. The molecule has 0 aliphatic carbocycles. The molecule has 8 heteroatoms. The van der Waals surface area contributed by atoms with Gasteiger partial charge in [-0.2, -0.15) is 0 Å². The van der Waals surface area contributed by atoms with Crippen LogP contribution in [0.2, 0.25) is 0 Å². The van der Waals surface area contributed by atoms with Crippen molar-refractivity contribution >= 4 is 57.6 Å². The van der Waals surface area contributed by atoms with Crippen molar-refractivity contribution in [2.75, 3.05) is 33.8 Å². The monoisotopic (exact) mass is 384 g/mol. The largest absolute Gasteiger partial charge is 0.464 e. The molecule has 0 N–H and O–H groups in total. The average Bonchev–Trinajstić information content (AvgIpc) is 3.11. The molecule has 0 saturated carbocycles. The van der Waals surface area contributed by atoms with E-state index in [-0.39, 0.29) is 18.3 Å². The maximum Gasteiger partial charge on any atom is 0.305 e. The molecule has 1 amide bonds. The number of carbonyl (C=O) groups excluding carboxylic acids is 2. The summed E-state index contributed by atoms with van der Waals surface area (Å²) < 4.78 is 5.68. The maximum absolute atomic E-state index is 12.4. The van der Waals surface area contributed by atoms with Gasteiger partial charge in [-0.15, -0.1) is 11.3 Å². The number of thiocarbonyl (C=S) groups is 1. The summed E-state index contributed by atoms with van der Waals surface area (Å²) >= 11 is 8.16. The number of amides is 1. The molecule has 1 aliphatic rings. The van der Waals surface area contributed by atoms with Crippen LogP contribution in [0.15, 0.2) is 22.4 Å². The van der Waals surface area contributed by atoms with Crippen LogP contribution in [0.3, 0.4) is 0 Å². The number of hydrogen-bond donors (Lipinski definition) is 0. The number of hydrogen-bond acceptors (Lipinski definition) is 7. The van der Waals surface area contributed by atoms with Gasteiger partial charge >= 0.3 is 5.97 Å². The Kier molecular flexibility index (Phi) is 7.41. The zero-order valence-electron chi connectivity index (χ0n) is 13.7. The van der Waals surface area contributed by atoms with Crippen molar-refractivity contribution in [2.24, 2.45) is 0 Å². The van der Waals surface area contributed by atoms with Crippen molar-refractivity contribution in [1.29, 1.82) is 0 Å². The van der Waals surface area contributed by atoms with Crippen LogP contribution in [0.1, 0.15) is 17.7 Å². The first-order valence-electron chi connectivity index (χ1n) is 7.56. The number of esters is 1. The standard InChI is InChI=1S/C16H20N2O3S3/c1-17(2)8-9-21-14(19)6-3-7-18-15(20)13(24-16(18)22)11-12-5-4-10-23-12/h4-5,10-11H,3,6-9H2,1-2H3/b13-11-. The van der Waals surface area contributed by atoms with E-state index in [1.807, 2.05) is 42.6 Å². The number of nitrogens with zero attached hydrogens (tertiary/aromatic N) is 2. The molecular weight excluding hydrogens is 364 g/mol. The lowest BCUT2D eigenvalue weighted by atomic mass is 10.3. The van der Waals surface area contributed by atoms with E-state index in [0.717, 1.165) is 4.88 Å². The second-order valence-electron chi connectivity index (χ2n) is 5.48. The molecule has 0 atom stereocenters. The van der Waals surface area contributed by atoms with Gasteiger partial charge in [0.25, 0.3) is 5.91 Å². The number of rotatable bonds is 8. The Morgan fingerprint density at radius 1 is 1.46 bits per heavy atom. The molecule has 5 nitrogen and oxygen atoms in total. The Hall–Kier alpha value is -1.22. The smallest absolute Gasteiger partial charge is 0.305 e. The summed E-state index contributed by atoms with van der Waals surface area (Å²) in [5.74, 6) is -0.323. The molecule has 0 unspecified atom stereocenters. The fourth-order valence-electron chi connectivity index (χ4n) is 1.99. The van der Waals surface area contributed by atoms with Gasteiger partial charge < -0.3 is 9.64 Å². The first-order valence-corrected chi connectivity index (χ1v) is 9.67. The average molecular weight is 385 g/mol. The van der Waals surface area contributed by atoms with Crippen LogP contribution in [-0.4, -0.2) is 59.8 Å². The summed E-state index contributed by atoms with van der Waals surface area (Å²) in [5.41, 5.74) is 0. The minimum Gasteiger partial charge on any atom is -0.464 e. The lowest BCUT2D eigenvalue weighted by molar-refractivity contribution is -0.144. The van der Waals surface area contributed by atoms with Gasteiger partial charge in [-0.25, -0.2) is 0 Å². The third-order valence-electron chi connectivity index (χ3n) is 3.25. The Balaban J connectivity index is 1.78. The van der Waals surface area contributed by atoms with Crippen LogP contribution in [-0.2, 0) is 14.3 Å². The molecule has 0 aromatic carbocycles. The van der Waals surface area contributed by atoms with Gasteiger partial charge in [0, 0.05) is 24.4 Å². The van der Waals surface area contributed by atoms with Gasteiger partial charge in [-0.1, -0.05) is 30.0 Å². The minimum absolute atomic E-state index is 0.0839. The van der Waals surface area contributed by atoms with Crippen molar-refractivity contribution in [2.45, 2.75) is 12.8 Å². The summed E-state index contributed by atoms with van der Waals surface area (Å²) in [6, 6.07) is 3.90. The van der Waals surface area contributed by atoms with E-state index >= 15 is 0 Å². The molecule has 0 radical (unpaired) electrons. The number of ether oxygens (including phenoxy) is 1. The Morgan fingerprint density at radius 3 is 2.92 bits per heavy atom. The normalized spacial score (nSPS) is 16.5. The number of thiophene rings is 1. The van der Waals surface area contributed by atoms with Crippen LogP contribution >= 0.6 is 35.3 Å². The fourth-order valence-corrected chi connectivity index (χ4v) is 4.02. The number of carbonyl (C=O) groups is 2. The van der Waals surface area contributed by atoms with Crippen LogP contribution in [0.4, 0.5) is 0 Å². The highest BCUT2D eigenvalue weighted by molar-refractivity contribution is 8.26. The van der Waals surface area contributed by atoms with E-state index in [9.17, 15) is 9.59 Å². The molecule has 1 saturated heterocycles. The van der Waals surface area contributed by atoms with E-state index in [0.29, 0.717) is 35.3 Å². The van der Waals surface area contributed by atoms with Gasteiger partial charge in [-0.3, -0.25) is 14.5 Å².